The Kier molecular flexibility index (Phi) is 11.0. The lowest BCUT2D eigenvalue weighted by Crippen LogP contribution is -2.41. The molecule has 1 heterocycles. The normalized spacial score (nSPS) is 16.7. The van der Waals surface area contributed by atoms with Gasteiger partial charge in [0.2, 0.25) is 0 Å². The van der Waals surface area contributed by atoms with E-state index in [-0.39, 0.29) is 24.0 Å². The molecular formula is C24H35IN4O. The second kappa shape index (κ2) is 13.5. The quantitative estimate of drug-likeness (QED) is 0.301. The highest BCUT2D eigenvalue weighted by Crippen LogP contribution is 2.16. The first kappa shape index (κ1) is 24.5. The van der Waals surface area contributed by atoms with Gasteiger partial charge in [-0.2, -0.15) is 0 Å². The molecule has 0 saturated carbocycles. The standard InChI is InChI=1S/C24H34N4O.HI/c1-25-24(26-15-12-21-8-10-23(29-2)11-9-21)27-18-22-14-17-28(19-22)16-13-20-6-4-3-5-7-20;/h3-11,22H,12-19H2,1-2H3,(H2,25,26,27);1H. The first-order valence-corrected chi connectivity index (χ1v) is 10.6. The van der Waals surface area contributed by atoms with E-state index in [9.17, 15) is 0 Å². The van der Waals surface area contributed by atoms with E-state index in [1.807, 2.05) is 19.2 Å². The summed E-state index contributed by atoms with van der Waals surface area (Å²) < 4.78 is 5.21. The van der Waals surface area contributed by atoms with E-state index >= 15 is 0 Å². The molecule has 1 fully saturated rings. The van der Waals surface area contributed by atoms with Gasteiger partial charge >= 0.3 is 0 Å². The molecule has 0 radical (unpaired) electrons. The van der Waals surface area contributed by atoms with Gasteiger partial charge < -0.3 is 20.3 Å². The van der Waals surface area contributed by atoms with Crippen molar-refractivity contribution in [1.82, 2.24) is 15.5 Å². The van der Waals surface area contributed by atoms with Crippen LogP contribution >= 0.6 is 24.0 Å². The fourth-order valence-electron chi connectivity index (χ4n) is 3.79. The summed E-state index contributed by atoms with van der Waals surface area (Å²) >= 11 is 0. The molecule has 0 aromatic heterocycles. The van der Waals surface area contributed by atoms with Gasteiger partial charge in [-0.3, -0.25) is 4.99 Å². The summed E-state index contributed by atoms with van der Waals surface area (Å²) in [5.74, 6) is 2.47. The number of hydrogen-bond acceptors (Lipinski definition) is 3. The Morgan fingerprint density at radius 2 is 1.77 bits per heavy atom. The summed E-state index contributed by atoms with van der Waals surface area (Å²) in [6.45, 7) is 5.35. The number of ether oxygens (including phenoxy) is 1. The van der Waals surface area contributed by atoms with E-state index in [2.05, 4.69) is 63.0 Å². The summed E-state index contributed by atoms with van der Waals surface area (Å²) in [5.41, 5.74) is 2.72. The smallest absolute Gasteiger partial charge is 0.190 e. The van der Waals surface area contributed by atoms with Crippen molar-refractivity contribution >= 4 is 29.9 Å². The molecule has 164 valence electrons. The summed E-state index contributed by atoms with van der Waals surface area (Å²) in [4.78, 5) is 6.95. The highest BCUT2D eigenvalue weighted by atomic mass is 127. The van der Waals surface area contributed by atoms with Crippen molar-refractivity contribution in [3.8, 4) is 5.75 Å². The van der Waals surface area contributed by atoms with Crippen molar-refractivity contribution in [2.45, 2.75) is 19.3 Å². The third-order valence-electron chi connectivity index (χ3n) is 5.58. The fraction of sp³-hybridized carbons (Fsp3) is 0.458. The lowest BCUT2D eigenvalue weighted by atomic mass is 10.1. The topological polar surface area (TPSA) is 48.9 Å². The number of methoxy groups -OCH3 is 1. The first-order chi connectivity index (χ1) is 14.3. The zero-order valence-corrected chi connectivity index (χ0v) is 20.5. The molecule has 0 bridgehead atoms. The fourth-order valence-corrected chi connectivity index (χ4v) is 3.79. The van der Waals surface area contributed by atoms with Gasteiger partial charge in [-0.1, -0.05) is 42.5 Å². The SMILES string of the molecule is CN=C(NCCc1ccc(OC)cc1)NCC1CCN(CCc2ccccc2)C1.I. The van der Waals surface area contributed by atoms with Crippen LogP contribution in [-0.2, 0) is 12.8 Å². The number of hydrogen-bond donors (Lipinski definition) is 2. The largest absolute Gasteiger partial charge is 0.497 e. The maximum Gasteiger partial charge on any atom is 0.190 e. The average Bonchev–Trinajstić information content (AvgIpc) is 3.23. The van der Waals surface area contributed by atoms with E-state index in [0.29, 0.717) is 5.92 Å². The van der Waals surface area contributed by atoms with Crippen LogP contribution in [0.25, 0.3) is 0 Å². The number of halogens is 1. The van der Waals surface area contributed by atoms with Gasteiger partial charge in [0.05, 0.1) is 7.11 Å². The Bertz CT molecular complexity index is 752. The van der Waals surface area contributed by atoms with Crippen molar-refractivity contribution in [3.63, 3.8) is 0 Å². The Hall–Kier alpha value is -1.80. The summed E-state index contributed by atoms with van der Waals surface area (Å²) in [5, 5.41) is 6.92. The van der Waals surface area contributed by atoms with Crippen LogP contribution in [0.3, 0.4) is 0 Å². The van der Waals surface area contributed by atoms with Crippen molar-refractivity contribution in [3.05, 3.63) is 65.7 Å². The zero-order chi connectivity index (χ0) is 20.3. The molecule has 1 unspecified atom stereocenters. The summed E-state index contributed by atoms with van der Waals surface area (Å²) in [7, 11) is 3.53. The van der Waals surface area contributed by atoms with Gasteiger partial charge in [0.25, 0.3) is 0 Å². The predicted molar refractivity (Wildman–Crippen MR) is 136 cm³/mol. The van der Waals surface area contributed by atoms with Crippen LogP contribution in [0.2, 0.25) is 0 Å². The zero-order valence-electron chi connectivity index (χ0n) is 18.1. The Labute approximate surface area is 198 Å². The number of guanidine groups is 1. The van der Waals surface area contributed by atoms with Gasteiger partial charge in [0, 0.05) is 33.2 Å². The van der Waals surface area contributed by atoms with Crippen LogP contribution in [0.4, 0.5) is 0 Å². The monoisotopic (exact) mass is 522 g/mol. The minimum atomic E-state index is 0. The molecule has 1 aliphatic rings. The molecule has 2 aromatic carbocycles. The predicted octanol–water partition coefficient (Wildman–Crippen LogP) is 3.59. The van der Waals surface area contributed by atoms with Crippen LogP contribution in [0.5, 0.6) is 5.75 Å². The Morgan fingerprint density at radius 3 is 2.47 bits per heavy atom. The molecule has 1 atom stereocenters. The van der Waals surface area contributed by atoms with E-state index in [1.165, 1.54) is 30.6 Å². The third kappa shape index (κ3) is 8.14. The summed E-state index contributed by atoms with van der Waals surface area (Å²) in [6.07, 6.45) is 3.35. The lowest BCUT2D eigenvalue weighted by molar-refractivity contribution is 0.328. The van der Waals surface area contributed by atoms with E-state index < -0.39 is 0 Å². The summed E-state index contributed by atoms with van der Waals surface area (Å²) in [6, 6.07) is 19.0. The third-order valence-corrected chi connectivity index (χ3v) is 5.58. The van der Waals surface area contributed by atoms with E-state index in [4.69, 9.17) is 4.74 Å². The van der Waals surface area contributed by atoms with Gasteiger partial charge in [-0.15, -0.1) is 24.0 Å². The van der Waals surface area contributed by atoms with Gasteiger partial charge in [-0.25, -0.2) is 0 Å². The molecule has 0 amide bonds. The number of aliphatic imine (C=N–C) groups is 1. The minimum absolute atomic E-state index is 0. The second-order valence-corrected chi connectivity index (χ2v) is 7.67. The molecule has 6 heteroatoms. The van der Waals surface area contributed by atoms with Crippen LogP contribution in [-0.4, -0.2) is 57.7 Å². The van der Waals surface area contributed by atoms with Gasteiger partial charge in [0.1, 0.15) is 5.75 Å². The van der Waals surface area contributed by atoms with Crippen LogP contribution in [0.1, 0.15) is 17.5 Å². The molecule has 3 rings (SSSR count). The van der Waals surface area contributed by atoms with Gasteiger partial charge in [0.15, 0.2) is 5.96 Å². The Balaban J connectivity index is 0.00000320. The van der Waals surface area contributed by atoms with Crippen LogP contribution < -0.4 is 15.4 Å². The molecule has 2 aromatic rings. The maximum atomic E-state index is 5.21. The molecule has 30 heavy (non-hydrogen) atoms. The molecule has 0 aliphatic carbocycles. The first-order valence-electron chi connectivity index (χ1n) is 10.6. The lowest BCUT2D eigenvalue weighted by Gasteiger charge is -2.17. The molecule has 5 nitrogen and oxygen atoms in total. The number of rotatable bonds is 9. The van der Waals surface area contributed by atoms with Crippen molar-refractivity contribution in [2.75, 3.05) is 46.9 Å². The highest BCUT2D eigenvalue weighted by molar-refractivity contribution is 14.0. The minimum Gasteiger partial charge on any atom is -0.497 e. The van der Waals surface area contributed by atoms with Crippen molar-refractivity contribution in [1.29, 1.82) is 0 Å². The molecule has 1 aliphatic heterocycles. The Morgan fingerprint density at radius 1 is 1.03 bits per heavy atom. The molecular weight excluding hydrogens is 487 g/mol. The molecule has 2 N–H and O–H groups in total. The average molecular weight is 522 g/mol. The number of likely N-dealkylation sites (tertiary alicyclic amines) is 1. The van der Waals surface area contributed by atoms with Crippen molar-refractivity contribution < 1.29 is 4.74 Å². The maximum absolute atomic E-state index is 5.21. The van der Waals surface area contributed by atoms with E-state index in [1.54, 1.807) is 7.11 Å². The van der Waals surface area contributed by atoms with Gasteiger partial charge in [-0.05, 0) is 55.0 Å². The van der Waals surface area contributed by atoms with Crippen LogP contribution in [0.15, 0.2) is 59.6 Å². The number of benzene rings is 2. The highest BCUT2D eigenvalue weighted by Gasteiger charge is 2.22. The van der Waals surface area contributed by atoms with Crippen LogP contribution in [0, 0.1) is 5.92 Å². The molecule has 1 saturated heterocycles. The van der Waals surface area contributed by atoms with Crippen molar-refractivity contribution in [2.24, 2.45) is 10.9 Å². The number of nitrogens with zero attached hydrogens (tertiary/aromatic N) is 2. The second-order valence-electron chi connectivity index (χ2n) is 7.67. The van der Waals surface area contributed by atoms with E-state index in [0.717, 1.165) is 44.2 Å². The number of nitrogens with one attached hydrogen (secondary N) is 2. The molecule has 0 spiro atoms.